The van der Waals surface area contributed by atoms with Gasteiger partial charge in [0.2, 0.25) is 5.91 Å². The molecule has 1 atom stereocenters. The van der Waals surface area contributed by atoms with E-state index < -0.39 is 0 Å². The number of furan rings is 1. The van der Waals surface area contributed by atoms with Gasteiger partial charge in [-0.05, 0) is 80.6 Å². The smallest absolute Gasteiger partial charge is 0.223 e. The molecule has 0 unspecified atom stereocenters. The molecule has 5 rings (SSSR count). The Balaban J connectivity index is 1.22. The van der Waals surface area contributed by atoms with Crippen LogP contribution in [0.5, 0.6) is 0 Å². The fourth-order valence-electron chi connectivity index (χ4n) is 5.27. The largest absolute Gasteiger partial charge is 0.469 e. The number of hydrogen-bond acceptors (Lipinski definition) is 3. The van der Waals surface area contributed by atoms with Gasteiger partial charge in [0.05, 0.1) is 6.26 Å². The molecule has 182 valence electrons. The van der Waals surface area contributed by atoms with E-state index in [4.69, 9.17) is 4.42 Å². The number of carbonyl (C=O) groups excluding carboxylic acids is 1. The Bertz CT molecular complexity index is 1270. The molecule has 0 bridgehead atoms. The van der Waals surface area contributed by atoms with Crippen LogP contribution in [0.15, 0.2) is 77.4 Å². The summed E-state index contributed by atoms with van der Waals surface area (Å²) in [6.07, 6.45) is 4.21. The highest BCUT2D eigenvalue weighted by Crippen LogP contribution is 2.25. The molecule has 3 heterocycles. The number of benzene rings is 2. The number of rotatable bonds is 8. The van der Waals surface area contributed by atoms with Gasteiger partial charge in [0.15, 0.2) is 0 Å². The topological polar surface area (TPSA) is 50.4 Å². The van der Waals surface area contributed by atoms with Crippen molar-refractivity contribution in [2.24, 2.45) is 5.92 Å². The number of nitrogens with zero attached hydrogens (tertiary/aromatic N) is 2. The number of hydrogen-bond donors (Lipinski definition) is 1. The minimum Gasteiger partial charge on any atom is -0.469 e. The predicted molar refractivity (Wildman–Crippen MR) is 140 cm³/mol. The molecule has 35 heavy (non-hydrogen) atoms. The standard InChI is InChI=1S/C30H35N3O2/c1-22-8-3-4-10-26(22)20-33-27(19-25-9-5-6-12-29(25)33)21-32-15-13-24(14-16-32)30(34)31-23(2)18-28-11-7-17-35-28/h3-12,17,19,23-24H,13-16,18,20-21H2,1-2H3,(H,31,34)/t23-/m1/s1. The first kappa shape index (κ1) is 23.4. The Kier molecular flexibility index (Phi) is 7.05. The Hall–Kier alpha value is -3.31. The lowest BCUT2D eigenvalue weighted by Gasteiger charge is -2.32. The van der Waals surface area contributed by atoms with Gasteiger partial charge in [0.1, 0.15) is 5.76 Å². The van der Waals surface area contributed by atoms with Crippen LogP contribution in [0, 0.1) is 12.8 Å². The van der Waals surface area contributed by atoms with Crippen molar-refractivity contribution in [3.8, 4) is 0 Å². The van der Waals surface area contributed by atoms with Gasteiger partial charge in [-0.1, -0.05) is 42.5 Å². The first-order valence-corrected chi connectivity index (χ1v) is 12.7. The van der Waals surface area contributed by atoms with Gasteiger partial charge in [-0.15, -0.1) is 0 Å². The van der Waals surface area contributed by atoms with Crippen molar-refractivity contribution in [2.75, 3.05) is 13.1 Å². The van der Waals surface area contributed by atoms with Crippen molar-refractivity contribution in [2.45, 2.75) is 52.2 Å². The maximum absolute atomic E-state index is 12.8. The summed E-state index contributed by atoms with van der Waals surface area (Å²) >= 11 is 0. The van der Waals surface area contributed by atoms with Crippen molar-refractivity contribution in [1.29, 1.82) is 0 Å². The molecule has 0 aliphatic carbocycles. The third-order valence-corrected chi connectivity index (χ3v) is 7.31. The summed E-state index contributed by atoms with van der Waals surface area (Å²) in [5.74, 6) is 1.18. The number of carbonyl (C=O) groups is 1. The first-order valence-electron chi connectivity index (χ1n) is 12.7. The van der Waals surface area contributed by atoms with Crippen LogP contribution in [0.4, 0.5) is 0 Å². The molecule has 1 aliphatic rings. The zero-order valence-corrected chi connectivity index (χ0v) is 20.7. The Morgan fingerprint density at radius 3 is 2.57 bits per heavy atom. The molecule has 0 spiro atoms. The third kappa shape index (κ3) is 5.51. The molecule has 1 fully saturated rings. The lowest BCUT2D eigenvalue weighted by molar-refractivity contribution is -0.127. The number of aryl methyl sites for hydroxylation is 1. The molecule has 1 N–H and O–H groups in total. The highest BCUT2D eigenvalue weighted by molar-refractivity contribution is 5.81. The zero-order valence-electron chi connectivity index (χ0n) is 20.7. The van der Waals surface area contributed by atoms with Crippen molar-refractivity contribution in [3.05, 3.63) is 95.6 Å². The highest BCUT2D eigenvalue weighted by Gasteiger charge is 2.26. The number of aromatic nitrogens is 1. The number of likely N-dealkylation sites (tertiary alicyclic amines) is 1. The molecule has 1 saturated heterocycles. The van der Waals surface area contributed by atoms with E-state index in [9.17, 15) is 4.79 Å². The minimum atomic E-state index is 0.0730. The summed E-state index contributed by atoms with van der Waals surface area (Å²) in [7, 11) is 0. The maximum Gasteiger partial charge on any atom is 0.223 e. The monoisotopic (exact) mass is 469 g/mol. The Morgan fingerprint density at radius 1 is 1.03 bits per heavy atom. The summed E-state index contributed by atoms with van der Waals surface area (Å²) in [6, 6.07) is 23.6. The lowest BCUT2D eigenvalue weighted by Crippen LogP contribution is -2.43. The summed E-state index contributed by atoms with van der Waals surface area (Å²) in [5.41, 5.74) is 5.30. The molecule has 1 amide bonds. The van der Waals surface area contributed by atoms with Crippen LogP contribution in [0.2, 0.25) is 0 Å². The Labute approximate surface area is 207 Å². The molecule has 1 aliphatic heterocycles. The lowest BCUT2D eigenvalue weighted by atomic mass is 9.95. The van der Waals surface area contributed by atoms with Gasteiger partial charge >= 0.3 is 0 Å². The summed E-state index contributed by atoms with van der Waals surface area (Å²) < 4.78 is 7.88. The summed E-state index contributed by atoms with van der Waals surface area (Å²) in [6.45, 7) is 7.90. The SMILES string of the molecule is Cc1ccccc1Cn1c(CN2CCC(C(=O)N[C@H](C)Cc3ccco3)CC2)cc2ccccc21. The molecular formula is C30H35N3O2. The van der Waals surface area contributed by atoms with Crippen LogP contribution in [0.25, 0.3) is 10.9 Å². The number of nitrogens with one attached hydrogen (secondary N) is 1. The molecule has 5 nitrogen and oxygen atoms in total. The van der Waals surface area contributed by atoms with Crippen LogP contribution in [-0.4, -0.2) is 34.5 Å². The second-order valence-electron chi connectivity index (χ2n) is 9.95. The molecule has 5 heteroatoms. The summed E-state index contributed by atoms with van der Waals surface area (Å²) in [5, 5.41) is 4.48. The van der Waals surface area contributed by atoms with Crippen LogP contribution in [-0.2, 0) is 24.3 Å². The van der Waals surface area contributed by atoms with Gasteiger partial charge in [-0.25, -0.2) is 0 Å². The molecule has 0 saturated carbocycles. The van der Waals surface area contributed by atoms with Crippen LogP contribution in [0.3, 0.4) is 0 Å². The summed E-state index contributed by atoms with van der Waals surface area (Å²) in [4.78, 5) is 15.3. The highest BCUT2D eigenvalue weighted by atomic mass is 16.3. The van der Waals surface area contributed by atoms with E-state index in [0.717, 1.165) is 51.2 Å². The average Bonchev–Trinajstić information content (AvgIpc) is 3.49. The fourth-order valence-corrected chi connectivity index (χ4v) is 5.27. The van der Waals surface area contributed by atoms with E-state index in [1.54, 1.807) is 6.26 Å². The van der Waals surface area contributed by atoms with Gasteiger partial charge in [0, 0.05) is 42.7 Å². The first-order chi connectivity index (χ1) is 17.1. The van der Waals surface area contributed by atoms with Crippen molar-refractivity contribution in [1.82, 2.24) is 14.8 Å². The van der Waals surface area contributed by atoms with Gasteiger partial charge in [0.25, 0.3) is 0 Å². The number of para-hydroxylation sites is 1. The molecule has 4 aromatic rings. The number of piperidine rings is 1. The van der Waals surface area contributed by atoms with Crippen LogP contribution < -0.4 is 5.32 Å². The van der Waals surface area contributed by atoms with E-state index in [2.05, 4.69) is 76.3 Å². The third-order valence-electron chi connectivity index (χ3n) is 7.31. The van der Waals surface area contributed by atoms with Crippen molar-refractivity contribution >= 4 is 16.8 Å². The normalized spacial score (nSPS) is 15.9. The molecular weight excluding hydrogens is 434 g/mol. The minimum absolute atomic E-state index is 0.0730. The van der Waals surface area contributed by atoms with E-state index in [-0.39, 0.29) is 17.9 Å². The van der Waals surface area contributed by atoms with Crippen molar-refractivity contribution in [3.63, 3.8) is 0 Å². The van der Waals surface area contributed by atoms with E-state index in [1.807, 2.05) is 19.1 Å². The predicted octanol–water partition coefficient (Wildman–Crippen LogP) is 5.55. The van der Waals surface area contributed by atoms with Crippen LogP contribution >= 0.6 is 0 Å². The average molecular weight is 470 g/mol. The molecule has 0 radical (unpaired) electrons. The van der Waals surface area contributed by atoms with E-state index in [1.165, 1.54) is 27.7 Å². The van der Waals surface area contributed by atoms with Gasteiger partial charge < -0.3 is 14.3 Å². The van der Waals surface area contributed by atoms with Gasteiger partial charge in [-0.3, -0.25) is 9.69 Å². The van der Waals surface area contributed by atoms with E-state index in [0.29, 0.717) is 0 Å². The molecule has 2 aromatic heterocycles. The second kappa shape index (κ2) is 10.5. The maximum atomic E-state index is 12.8. The second-order valence-corrected chi connectivity index (χ2v) is 9.95. The number of fused-ring (bicyclic) bond motifs is 1. The number of amides is 1. The van der Waals surface area contributed by atoms with Gasteiger partial charge in [-0.2, -0.15) is 0 Å². The van der Waals surface area contributed by atoms with Crippen LogP contribution in [0.1, 0.15) is 42.3 Å². The molecule has 2 aromatic carbocycles. The van der Waals surface area contributed by atoms with E-state index >= 15 is 0 Å². The zero-order chi connectivity index (χ0) is 24.2. The van der Waals surface area contributed by atoms with Crippen molar-refractivity contribution < 1.29 is 9.21 Å². The fraction of sp³-hybridized carbons (Fsp3) is 0.367. The Morgan fingerprint density at radius 2 is 1.80 bits per heavy atom. The quantitative estimate of drug-likeness (QED) is 0.368.